The second-order valence-corrected chi connectivity index (χ2v) is 5.17. The molecule has 2 aromatic rings. The fraction of sp³-hybridized carbons (Fsp3) is 0.417. The zero-order valence-corrected chi connectivity index (χ0v) is 12.9. The predicted molar refractivity (Wildman–Crippen MR) is 80.1 cm³/mol. The first-order valence-electron chi connectivity index (χ1n) is 5.97. The Labute approximate surface area is 120 Å². The maximum atomic E-state index is 4.56. The van der Waals surface area contributed by atoms with Crippen molar-refractivity contribution in [2.75, 3.05) is 11.9 Å². The van der Waals surface area contributed by atoms with Crippen molar-refractivity contribution in [1.82, 2.24) is 19.7 Å². The summed E-state index contributed by atoms with van der Waals surface area (Å²) in [5.41, 5.74) is 1.02. The van der Waals surface area contributed by atoms with E-state index in [4.69, 9.17) is 0 Å². The largest absolute Gasteiger partial charge is 0.370 e. The highest BCUT2D eigenvalue weighted by atomic mass is 127. The van der Waals surface area contributed by atoms with Gasteiger partial charge in [0.1, 0.15) is 11.6 Å². The summed E-state index contributed by atoms with van der Waals surface area (Å²) in [6, 6.07) is 0. The minimum Gasteiger partial charge on any atom is -0.370 e. The van der Waals surface area contributed by atoms with Crippen LogP contribution in [-0.2, 0) is 6.42 Å². The van der Waals surface area contributed by atoms with Gasteiger partial charge in [-0.2, -0.15) is 5.10 Å². The molecule has 2 heterocycles. The van der Waals surface area contributed by atoms with Crippen molar-refractivity contribution in [3.8, 4) is 5.82 Å². The molecular formula is C12H16IN5. The van der Waals surface area contributed by atoms with Gasteiger partial charge in [-0.15, -0.1) is 0 Å². The summed E-state index contributed by atoms with van der Waals surface area (Å²) in [5, 5.41) is 7.59. The number of nitrogens with zero attached hydrogens (tertiary/aromatic N) is 4. The van der Waals surface area contributed by atoms with Gasteiger partial charge in [0.15, 0.2) is 5.82 Å². The van der Waals surface area contributed by atoms with Crippen LogP contribution in [0.1, 0.15) is 25.2 Å². The van der Waals surface area contributed by atoms with Gasteiger partial charge in [0.2, 0.25) is 0 Å². The van der Waals surface area contributed by atoms with Crippen molar-refractivity contribution in [2.24, 2.45) is 0 Å². The van der Waals surface area contributed by atoms with Crippen LogP contribution in [0.25, 0.3) is 5.82 Å². The molecule has 0 spiro atoms. The Morgan fingerprint density at radius 1 is 1.33 bits per heavy atom. The Hall–Kier alpha value is -1.18. The molecule has 2 aromatic heterocycles. The van der Waals surface area contributed by atoms with Crippen molar-refractivity contribution in [1.29, 1.82) is 0 Å². The minimum absolute atomic E-state index is 0.810. The lowest BCUT2D eigenvalue weighted by molar-refractivity contribution is 0.803. The van der Waals surface area contributed by atoms with Crippen molar-refractivity contribution in [2.45, 2.75) is 27.2 Å². The summed E-state index contributed by atoms with van der Waals surface area (Å²) in [6.07, 6.45) is 4.59. The van der Waals surface area contributed by atoms with E-state index in [0.29, 0.717) is 0 Å². The van der Waals surface area contributed by atoms with Crippen molar-refractivity contribution in [3.63, 3.8) is 0 Å². The van der Waals surface area contributed by atoms with Crippen LogP contribution < -0.4 is 5.32 Å². The average Bonchev–Trinajstić information content (AvgIpc) is 2.78. The van der Waals surface area contributed by atoms with Gasteiger partial charge in [0.25, 0.3) is 0 Å². The number of rotatable bonds is 4. The van der Waals surface area contributed by atoms with Gasteiger partial charge in [-0.1, -0.05) is 6.92 Å². The molecule has 6 heteroatoms. The lowest BCUT2D eigenvalue weighted by Gasteiger charge is -2.12. The number of nitrogens with one attached hydrogen (secondary N) is 1. The summed E-state index contributed by atoms with van der Waals surface area (Å²) >= 11 is 2.24. The Bertz CT molecular complexity index is 549. The van der Waals surface area contributed by atoms with Crippen LogP contribution in [0.2, 0.25) is 0 Å². The van der Waals surface area contributed by atoms with Crippen LogP contribution in [0.15, 0.2) is 12.4 Å². The molecule has 0 saturated carbocycles. The molecule has 0 bridgehead atoms. The topological polar surface area (TPSA) is 55.6 Å². The molecule has 18 heavy (non-hydrogen) atoms. The van der Waals surface area contributed by atoms with Gasteiger partial charge >= 0.3 is 0 Å². The normalized spacial score (nSPS) is 10.7. The zero-order chi connectivity index (χ0) is 13.1. The maximum Gasteiger partial charge on any atom is 0.162 e. The number of hydrogen-bond acceptors (Lipinski definition) is 4. The number of anilines is 1. The second kappa shape index (κ2) is 5.64. The standard InChI is InChI=1S/C12H16IN5/c1-4-10-16-11(14-5-2)8(3)12(17-10)18-7-9(13)6-15-18/h6-7H,4-5H2,1-3H3,(H,14,16,17). The Balaban J connectivity index is 2.54. The smallest absolute Gasteiger partial charge is 0.162 e. The molecule has 1 N–H and O–H groups in total. The average molecular weight is 357 g/mol. The molecule has 0 amide bonds. The highest BCUT2D eigenvalue weighted by molar-refractivity contribution is 14.1. The third kappa shape index (κ3) is 2.63. The third-order valence-corrected chi connectivity index (χ3v) is 3.15. The SMILES string of the molecule is CCNc1nc(CC)nc(-n2cc(I)cn2)c1C. The van der Waals surface area contributed by atoms with Crippen LogP contribution in [0.3, 0.4) is 0 Å². The second-order valence-electron chi connectivity index (χ2n) is 3.92. The lowest BCUT2D eigenvalue weighted by atomic mass is 10.3. The molecule has 2 rings (SSSR count). The summed E-state index contributed by atoms with van der Waals surface area (Å²) in [5.74, 6) is 2.57. The van der Waals surface area contributed by atoms with Crippen LogP contribution in [0, 0.1) is 10.5 Å². The molecule has 0 saturated heterocycles. The minimum atomic E-state index is 0.810. The van der Waals surface area contributed by atoms with E-state index in [1.807, 2.05) is 19.3 Å². The van der Waals surface area contributed by atoms with Gasteiger partial charge in [0.05, 0.1) is 9.77 Å². The molecular weight excluding hydrogens is 341 g/mol. The predicted octanol–water partition coefficient (Wildman–Crippen LogP) is 2.57. The van der Waals surface area contributed by atoms with E-state index in [9.17, 15) is 0 Å². The van der Waals surface area contributed by atoms with Gasteiger partial charge in [-0.25, -0.2) is 14.6 Å². The van der Waals surface area contributed by atoms with E-state index < -0.39 is 0 Å². The highest BCUT2D eigenvalue weighted by Crippen LogP contribution is 2.19. The van der Waals surface area contributed by atoms with E-state index in [-0.39, 0.29) is 0 Å². The van der Waals surface area contributed by atoms with E-state index in [1.54, 1.807) is 4.68 Å². The van der Waals surface area contributed by atoms with Gasteiger partial charge in [-0.05, 0) is 36.4 Å². The Morgan fingerprint density at radius 2 is 2.11 bits per heavy atom. The van der Waals surface area contributed by atoms with Crippen molar-refractivity contribution in [3.05, 3.63) is 27.4 Å². The summed E-state index contributed by atoms with van der Waals surface area (Å²) in [6.45, 7) is 6.97. The Morgan fingerprint density at radius 3 is 2.67 bits per heavy atom. The molecule has 5 nitrogen and oxygen atoms in total. The van der Waals surface area contributed by atoms with Crippen molar-refractivity contribution >= 4 is 28.4 Å². The molecule has 0 atom stereocenters. The third-order valence-electron chi connectivity index (χ3n) is 2.59. The summed E-state index contributed by atoms with van der Waals surface area (Å²) in [7, 11) is 0. The number of hydrogen-bond donors (Lipinski definition) is 1. The molecule has 0 aliphatic rings. The monoisotopic (exact) mass is 357 g/mol. The van der Waals surface area contributed by atoms with E-state index >= 15 is 0 Å². The fourth-order valence-electron chi connectivity index (χ4n) is 1.69. The molecule has 0 unspecified atom stereocenters. The fourth-order valence-corrected chi connectivity index (χ4v) is 2.08. The van der Waals surface area contributed by atoms with Crippen LogP contribution >= 0.6 is 22.6 Å². The maximum absolute atomic E-state index is 4.56. The van der Waals surface area contributed by atoms with E-state index in [0.717, 1.165) is 39.6 Å². The van der Waals surface area contributed by atoms with Crippen LogP contribution in [0.4, 0.5) is 5.82 Å². The van der Waals surface area contributed by atoms with Gasteiger partial charge < -0.3 is 5.32 Å². The summed E-state index contributed by atoms with van der Waals surface area (Å²) < 4.78 is 2.90. The number of aryl methyl sites for hydroxylation is 1. The van der Waals surface area contributed by atoms with Gasteiger partial charge in [-0.3, -0.25) is 0 Å². The van der Waals surface area contributed by atoms with Gasteiger partial charge in [0, 0.05) is 24.7 Å². The molecule has 0 aliphatic carbocycles. The summed E-state index contributed by atoms with van der Waals surface area (Å²) in [4.78, 5) is 9.07. The van der Waals surface area contributed by atoms with E-state index in [1.165, 1.54) is 0 Å². The Kier molecular flexibility index (Phi) is 4.15. The first-order valence-corrected chi connectivity index (χ1v) is 7.05. The van der Waals surface area contributed by atoms with E-state index in [2.05, 4.69) is 56.8 Å². The molecule has 0 fully saturated rings. The zero-order valence-electron chi connectivity index (χ0n) is 10.7. The molecule has 0 radical (unpaired) electrons. The highest BCUT2D eigenvalue weighted by Gasteiger charge is 2.12. The lowest BCUT2D eigenvalue weighted by Crippen LogP contribution is -2.11. The molecule has 96 valence electrons. The molecule has 0 aromatic carbocycles. The quantitative estimate of drug-likeness (QED) is 0.855. The first-order chi connectivity index (χ1) is 8.65. The molecule has 0 aliphatic heterocycles. The van der Waals surface area contributed by atoms with Crippen LogP contribution in [0.5, 0.6) is 0 Å². The van der Waals surface area contributed by atoms with Crippen LogP contribution in [-0.4, -0.2) is 26.3 Å². The number of aromatic nitrogens is 4. The first kappa shape index (κ1) is 13.3. The van der Waals surface area contributed by atoms with Crippen molar-refractivity contribution < 1.29 is 0 Å². The number of halogens is 1.